The van der Waals surface area contributed by atoms with Crippen molar-refractivity contribution in [2.24, 2.45) is 0 Å². The van der Waals surface area contributed by atoms with Gasteiger partial charge in [0.1, 0.15) is 5.75 Å². The average molecular weight is 287 g/mol. The van der Waals surface area contributed by atoms with Gasteiger partial charge in [-0.05, 0) is 31.0 Å². The fourth-order valence-corrected chi connectivity index (χ4v) is 1.58. The minimum atomic E-state index is 0.606. The largest absolute Gasteiger partial charge is 0.494 e. The van der Waals surface area contributed by atoms with Crippen LogP contribution in [0.5, 0.6) is 5.75 Å². The first-order chi connectivity index (χ1) is 7.77. The van der Waals surface area contributed by atoms with Gasteiger partial charge in [-0.2, -0.15) is 0 Å². The molecule has 4 heteroatoms. The lowest BCUT2D eigenvalue weighted by molar-refractivity contribution is 0.112. The number of unbranched alkanes of at least 4 members (excludes halogenated alkanes) is 1. The Balaban J connectivity index is 2.39. The van der Waals surface area contributed by atoms with Crippen LogP contribution < -0.4 is 4.74 Å². The molecule has 0 atom stereocenters. The lowest BCUT2D eigenvalue weighted by Crippen LogP contribution is -2.00. The number of rotatable bonds is 7. The van der Waals surface area contributed by atoms with Crippen molar-refractivity contribution in [3.05, 3.63) is 28.2 Å². The van der Waals surface area contributed by atoms with Crippen LogP contribution in [0.1, 0.15) is 23.2 Å². The van der Waals surface area contributed by atoms with Crippen molar-refractivity contribution >= 4 is 22.2 Å². The van der Waals surface area contributed by atoms with E-state index in [1.807, 2.05) is 12.1 Å². The second kappa shape index (κ2) is 7.41. The molecule has 0 amide bonds. The Kier molecular flexibility index (Phi) is 6.11. The molecule has 0 aliphatic rings. The van der Waals surface area contributed by atoms with E-state index in [2.05, 4.69) is 15.9 Å². The smallest absolute Gasteiger partial charge is 0.151 e. The minimum Gasteiger partial charge on any atom is -0.494 e. The maximum Gasteiger partial charge on any atom is 0.151 e. The minimum absolute atomic E-state index is 0.606. The maximum atomic E-state index is 10.7. The van der Waals surface area contributed by atoms with Gasteiger partial charge in [0, 0.05) is 23.8 Å². The number of carbonyl (C=O) groups excluding carboxylic acids is 1. The van der Waals surface area contributed by atoms with E-state index < -0.39 is 0 Å². The highest BCUT2D eigenvalue weighted by molar-refractivity contribution is 9.10. The van der Waals surface area contributed by atoms with E-state index in [0.717, 1.165) is 36.0 Å². The Labute approximate surface area is 104 Å². The summed E-state index contributed by atoms with van der Waals surface area (Å²) in [6.07, 6.45) is 2.73. The van der Waals surface area contributed by atoms with Gasteiger partial charge < -0.3 is 9.47 Å². The standard InChI is InChI=1S/C12H15BrO3/c1-15-6-2-3-7-16-11-4-5-12(13)10(8-11)9-14/h4-5,8-9H,2-3,6-7H2,1H3. The van der Waals surface area contributed by atoms with Gasteiger partial charge in [0.05, 0.1) is 6.61 Å². The Bertz CT molecular complexity index is 339. The summed E-state index contributed by atoms with van der Waals surface area (Å²) < 4.78 is 11.2. The zero-order chi connectivity index (χ0) is 11.8. The lowest BCUT2D eigenvalue weighted by Gasteiger charge is -2.07. The Hall–Kier alpha value is -0.870. The summed E-state index contributed by atoms with van der Waals surface area (Å²) in [5.41, 5.74) is 0.606. The summed E-state index contributed by atoms with van der Waals surface area (Å²) in [5.74, 6) is 0.725. The van der Waals surface area contributed by atoms with Gasteiger partial charge in [-0.1, -0.05) is 15.9 Å². The zero-order valence-electron chi connectivity index (χ0n) is 9.24. The highest BCUT2D eigenvalue weighted by atomic mass is 79.9. The molecule has 0 saturated carbocycles. The topological polar surface area (TPSA) is 35.5 Å². The van der Waals surface area contributed by atoms with Gasteiger partial charge in [0.25, 0.3) is 0 Å². The summed E-state index contributed by atoms with van der Waals surface area (Å²) in [6, 6.07) is 5.38. The molecule has 0 aliphatic carbocycles. The molecule has 0 saturated heterocycles. The van der Waals surface area contributed by atoms with Crippen molar-refractivity contribution < 1.29 is 14.3 Å². The van der Waals surface area contributed by atoms with Gasteiger partial charge >= 0.3 is 0 Å². The van der Waals surface area contributed by atoms with E-state index in [-0.39, 0.29) is 0 Å². The van der Waals surface area contributed by atoms with Crippen LogP contribution in [0.25, 0.3) is 0 Å². The van der Waals surface area contributed by atoms with Crippen LogP contribution in [-0.4, -0.2) is 26.6 Å². The van der Waals surface area contributed by atoms with Gasteiger partial charge in [-0.25, -0.2) is 0 Å². The molecule has 0 bridgehead atoms. The molecule has 1 rings (SSSR count). The average Bonchev–Trinajstić information content (AvgIpc) is 2.31. The third-order valence-electron chi connectivity index (χ3n) is 2.11. The van der Waals surface area contributed by atoms with E-state index >= 15 is 0 Å². The van der Waals surface area contributed by atoms with Crippen LogP contribution in [-0.2, 0) is 4.74 Å². The number of hydrogen-bond acceptors (Lipinski definition) is 3. The van der Waals surface area contributed by atoms with Crippen molar-refractivity contribution in [3.8, 4) is 5.75 Å². The van der Waals surface area contributed by atoms with E-state index in [1.165, 1.54) is 0 Å². The molecule has 16 heavy (non-hydrogen) atoms. The number of ether oxygens (including phenoxy) is 2. The molecule has 0 aliphatic heterocycles. The number of benzene rings is 1. The Morgan fingerprint density at radius 3 is 2.75 bits per heavy atom. The molecule has 1 aromatic carbocycles. The summed E-state index contributed by atoms with van der Waals surface area (Å²) in [5, 5.41) is 0. The first kappa shape index (κ1) is 13.2. The van der Waals surface area contributed by atoms with E-state index in [4.69, 9.17) is 9.47 Å². The lowest BCUT2D eigenvalue weighted by atomic mass is 10.2. The number of carbonyl (C=O) groups is 1. The first-order valence-electron chi connectivity index (χ1n) is 5.14. The van der Waals surface area contributed by atoms with E-state index in [1.54, 1.807) is 13.2 Å². The monoisotopic (exact) mass is 286 g/mol. The van der Waals surface area contributed by atoms with Crippen LogP contribution in [0.3, 0.4) is 0 Å². The van der Waals surface area contributed by atoms with Gasteiger partial charge in [0.2, 0.25) is 0 Å². The molecule has 3 nitrogen and oxygen atoms in total. The van der Waals surface area contributed by atoms with E-state index in [9.17, 15) is 4.79 Å². The van der Waals surface area contributed by atoms with Crippen molar-refractivity contribution in [2.75, 3.05) is 20.3 Å². The molecule has 0 unspecified atom stereocenters. The van der Waals surface area contributed by atoms with Gasteiger partial charge in [-0.3, -0.25) is 4.79 Å². The molecule has 0 fully saturated rings. The number of halogens is 1. The van der Waals surface area contributed by atoms with Crippen molar-refractivity contribution in [2.45, 2.75) is 12.8 Å². The molecule has 0 heterocycles. The quantitative estimate of drug-likeness (QED) is 0.571. The number of aldehydes is 1. The van der Waals surface area contributed by atoms with Crippen molar-refractivity contribution in [1.82, 2.24) is 0 Å². The van der Waals surface area contributed by atoms with E-state index in [0.29, 0.717) is 12.2 Å². The molecule has 88 valence electrons. The highest BCUT2D eigenvalue weighted by Gasteiger charge is 2.01. The summed E-state index contributed by atoms with van der Waals surface area (Å²) >= 11 is 3.29. The highest BCUT2D eigenvalue weighted by Crippen LogP contribution is 2.21. The summed E-state index contributed by atoms with van der Waals surface area (Å²) in [7, 11) is 1.69. The second-order valence-corrected chi connectivity index (χ2v) is 4.20. The summed E-state index contributed by atoms with van der Waals surface area (Å²) in [4.78, 5) is 10.7. The van der Waals surface area contributed by atoms with Crippen LogP contribution in [0.2, 0.25) is 0 Å². The third kappa shape index (κ3) is 4.33. The molecule has 0 N–H and O–H groups in total. The Morgan fingerprint density at radius 1 is 1.31 bits per heavy atom. The van der Waals surface area contributed by atoms with Gasteiger partial charge in [0.15, 0.2) is 6.29 Å². The molecule has 1 aromatic rings. The van der Waals surface area contributed by atoms with Crippen LogP contribution in [0.15, 0.2) is 22.7 Å². The number of methoxy groups -OCH3 is 1. The van der Waals surface area contributed by atoms with Crippen molar-refractivity contribution in [3.63, 3.8) is 0 Å². The first-order valence-corrected chi connectivity index (χ1v) is 5.93. The molecular weight excluding hydrogens is 272 g/mol. The number of hydrogen-bond donors (Lipinski definition) is 0. The zero-order valence-corrected chi connectivity index (χ0v) is 10.8. The Morgan fingerprint density at radius 2 is 2.06 bits per heavy atom. The fourth-order valence-electron chi connectivity index (χ4n) is 1.24. The van der Waals surface area contributed by atoms with Crippen LogP contribution in [0.4, 0.5) is 0 Å². The molecule has 0 aromatic heterocycles. The second-order valence-electron chi connectivity index (χ2n) is 3.35. The SMILES string of the molecule is COCCCCOc1ccc(Br)c(C=O)c1. The molecule has 0 spiro atoms. The maximum absolute atomic E-state index is 10.7. The van der Waals surface area contributed by atoms with Crippen LogP contribution in [0, 0.1) is 0 Å². The van der Waals surface area contributed by atoms with Crippen LogP contribution >= 0.6 is 15.9 Å². The van der Waals surface area contributed by atoms with Gasteiger partial charge in [-0.15, -0.1) is 0 Å². The normalized spacial score (nSPS) is 10.1. The predicted molar refractivity (Wildman–Crippen MR) is 66.1 cm³/mol. The third-order valence-corrected chi connectivity index (χ3v) is 2.83. The van der Waals surface area contributed by atoms with Crippen molar-refractivity contribution in [1.29, 1.82) is 0 Å². The molecular formula is C12H15BrO3. The fraction of sp³-hybridized carbons (Fsp3) is 0.417. The predicted octanol–water partition coefficient (Wildman–Crippen LogP) is 3.07. The molecule has 0 radical (unpaired) electrons. The summed E-state index contributed by atoms with van der Waals surface area (Å²) in [6.45, 7) is 1.40.